The predicted molar refractivity (Wildman–Crippen MR) is 134 cm³/mol. The molecule has 0 radical (unpaired) electrons. The maximum absolute atomic E-state index is 13.3. The lowest BCUT2D eigenvalue weighted by Crippen LogP contribution is -2.21. The third-order valence-corrected chi connectivity index (χ3v) is 5.84. The Bertz CT molecular complexity index is 1450. The Labute approximate surface area is 198 Å². The van der Waals surface area contributed by atoms with Crippen molar-refractivity contribution in [3.05, 3.63) is 87.3 Å². The summed E-state index contributed by atoms with van der Waals surface area (Å²) in [4.78, 5) is 25.9. The summed E-state index contributed by atoms with van der Waals surface area (Å²) in [5.41, 5.74) is 5.03. The topological polar surface area (TPSA) is 77.8 Å². The lowest BCUT2D eigenvalue weighted by atomic mass is 9.98. The molecule has 1 aromatic heterocycles. The van der Waals surface area contributed by atoms with Crippen molar-refractivity contribution in [1.82, 2.24) is 0 Å². The summed E-state index contributed by atoms with van der Waals surface area (Å²) in [7, 11) is 1.55. The second-order valence-corrected chi connectivity index (χ2v) is 8.28. The molecule has 3 aromatic carbocycles. The summed E-state index contributed by atoms with van der Waals surface area (Å²) in [5.74, 6) is 1.26. The van der Waals surface area contributed by atoms with Crippen molar-refractivity contribution in [1.29, 1.82) is 0 Å². The summed E-state index contributed by atoms with van der Waals surface area (Å²) in [5, 5.41) is 3.29. The van der Waals surface area contributed by atoms with Gasteiger partial charge < -0.3 is 19.2 Å². The second kappa shape index (κ2) is 9.43. The number of amides is 1. The molecule has 0 spiro atoms. The monoisotopic (exact) mass is 457 g/mol. The molecule has 174 valence electrons. The van der Waals surface area contributed by atoms with Crippen LogP contribution < -0.4 is 20.2 Å². The Kier molecular flexibility index (Phi) is 6.41. The van der Waals surface area contributed by atoms with Crippen LogP contribution in [0.5, 0.6) is 11.5 Å². The molecule has 0 aliphatic rings. The highest BCUT2D eigenvalue weighted by Gasteiger charge is 2.18. The van der Waals surface area contributed by atoms with E-state index in [0.29, 0.717) is 45.0 Å². The smallest absolute Gasteiger partial charge is 0.262 e. The molecule has 0 aliphatic heterocycles. The first-order valence-electron chi connectivity index (χ1n) is 11.0. The van der Waals surface area contributed by atoms with Gasteiger partial charge in [-0.1, -0.05) is 30.3 Å². The van der Waals surface area contributed by atoms with Crippen molar-refractivity contribution >= 4 is 22.6 Å². The van der Waals surface area contributed by atoms with Crippen molar-refractivity contribution in [3.63, 3.8) is 0 Å². The first-order valence-corrected chi connectivity index (χ1v) is 11.0. The molecule has 4 aromatic rings. The largest absolute Gasteiger partial charge is 0.495 e. The highest BCUT2D eigenvalue weighted by atomic mass is 16.5. The Hall–Kier alpha value is -4.06. The standard InChI is InChI=1S/C28H27NO5/c1-16-10-12-24(32-5)22(14-16)29-25(30)15-33-23-13-11-21-27(31)26(19(4)34-28(21)18(23)3)20-9-7-6-8-17(20)2/h6-14H,15H2,1-5H3,(H,29,30). The van der Waals surface area contributed by atoms with E-state index in [2.05, 4.69) is 5.32 Å². The van der Waals surface area contributed by atoms with Gasteiger partial charge in [-0.2, -0.15) is 0 Å². The minimum Gasteiger partial charge on any atom is -0.495 e. The molecule has 0 unspecified atom stereocenters. The molecule has 6 nitrogen and oxygen atoms in total. The number of fused-ring (bicyclic) bond motifs is 1. The van der Waals surface area contributed by atoms with E-state index in [4.69, 9.17) is 13.9 Å². The molecular formula is C28H27NO5. The molecule has 1 N–H and O–H groups in total. The first-order chi connectivity index (χ1) is 16.3. The molecule has 0 saturated heterocycles. The van der Waals surface area contributed by atoms with Gasteiger partial charge >= 0.3 is 0 Å². The summed E-state index contributed by atoms with van der Waals surface area (Å²) >= 11 is 0. The van der Waals surface area contributed by atoms with Gasteiger partial charge in [0.15, 0.2) is 6.61 Å². The van der Waals surface area contributed by atoms with Gasteiger partial charge in [-0.05, 0) is 68.7 Å². The van der Waals surface area contributed by atoms with Crippen LogP contribution >= 0.6 is 0 Å². The fourth-order valence-corrected chi connectivity index (χ4v) is 4.05. The quantitative estimate of drug-likeness (QED) is 0.401. The van der Waals surface area contributed by atoms with Crippen LogP contribution in [-0.2, 0) is 4.79 Å². The van der Waals surface area contributed by atoms with Crippen LogP contribution in [0.1, 0.15) is 22.5 Å². The highest BCUT2D eigenvalue weighted by molar-refractivity contribution is 5.93. The number of ether oxygens (including phenoxy) is 2. The number of anilines is 1. The number of benzene rings is 3. The molecule has 1 amide bonds. The van der Waals surface area contributed by atoms with Gasteiger partial charge in [0, 0.05) is 5.56 Å². The number of carbonyl (C=O) groups is 1. The van der Waals surface area contributed by atoms with E-state index in [1.807, 2.05) is 57.2 Å². The van der Waals surface area contributed by atoms with Crippen LogP contribution in [0.4, 0.5) is 5.69 Å². The van der Waals surface area contributed by atoms with Gasteiger partial charge in [-0.15, -0.1) is 0 Å². The van der Waals surface area contributed by atoms with Gasteiger partial charge in [0.25, 0.3) is 5.91 Å². The molecule has 0 atom stereocenters. The van der Waals surface area contributed by atoms with E-state index < -0.39 is 0 Å². The molecule has 0 bridgehead atoms. The Morgan fingerprint density at radius 2 is 1.71 bits per heavy atom. The zero-order chi connectivity index (χ0) is 24.4. The van der Waals surface area contributed by atoms with Crippen LogP contribution in [0.3, 0.4) is 0 Å². The normalized spacial score (nSPS) is 10.9. The fourth-order valence-electron chi connectivity index (χ4n) is 4.05. The van der Waals surface area contributed by atoms with Gasteiger partial charge in [0.05, 0.1) is 23.7 Å². The Morgan fingerprint density at radius 1 is 0.971 bits per heavy atom. The van der Waals surface area contributed by atoms with Gasteiger partial charge in [-0.3, -0.25) is 9.59 Å². The minimum atomic E-state index is -0.323. The van der Waals surface area contributed by atoms with Crippen LogP contribution in [-0.4, -0.2) is 19.6 Å². The molecule has 6 heteroatoms. The van der Waals surface area contributed by atoms with Crippen LogP contribution in [0, 0.1) is 27.7 Å². The lowest BCUT2D eigenvalue weighted by Gasteiger charge is -2.14. The zero-order valence-corrected chi connectivity index (χ0v) is 19.9. The first kappa shape index (κ1) is 23.1. The molecule has 4 rings (SSSR count). The van der Waals surface area contributed by atoms with Gasteiger partial charge in [0.2, 0.25) is 5.43 Å². The van der Waals surface area contributed by atoms with E-state index in [1.54, 1.807) is 32.2 Å². The van der Waals surface area contributed by atoms with Crippen molar-refractivity contribution < 1.29 is 18.7 Å². The lowest BCUT2D eigenvalue weighted by molar-refractivity contribution is -0.118. The van der Waals surface area contributed by atoms with Crippen LogP contribution in [0.25, 0.3) is 22.1 Å². The molecule has 34 heavy (non-hydrogen) atoms. The van der Waals surface area contributed by atoms with E-state index in [1.165, 1.54) is 0 Å². The number of methoxy groups -OCH3 is 1. The van der Waals surface area contributed by atoms with E-state index in [0.717, 1.165) is 16.7 Å². The average Bonchev–Trinajstić information content (AvgIpc) is 2.80. The second-order valence-electron chi connectivity index (χ2n) is 8.28. The Morgan fingerprint density at radius 3 is 2.44 bits per heavy atom. The van der Waals surface area contributed by atoms with E-state index in [-0.39, 0.29) is 17.9 Å². The molecule has 0 aliphatic carbocycles. The number of aryl methyl sites for hydroxylation is 4. The number of hydrogen-bond acceptors (Lipinski definition) is 5. The molecule has 1 heterocycles. The number of nitrogens with one attached hydrogen (secondary N) is 1. The summed E-state index contributed by atoms with van der Waals surface area (Å²) in [6.07, 6.45) is 0. The molecular weight excluding hydrogens is 430 g/mol. The third kappa shape index (κ3) is 4.39. The SMILES string of the molecule is COc1ccc(C)cc1NC(=O)COc1ccc2c(=O)c(-c3ccccc3C)c(C)oc2c1C. The summed E-state index contributed by atoms with van der Waals surface area (Å²) in [6.45, 7) is 7.31. The summed E-state index contributed by atoms with van der Waals surface area (Å²) < 4.78 is 17.2. The third-order valence-electron chi connectivity index (χ3n) is 5.84. The molecule has 0 saturated carbocycles. The van der Waals surface area contributed by atoms with Gasteiger partial charge in [-0.25, -0.2) is 0 Å². The summed E-state index contributed by atoms with van der Waals surface area (Å²) in [6, 6.07) is 16.7. The van der Waals surface area contributed by atoms with Crippen molar-refractivity contribution in [2.24, 2.45) is 0 Å². The van der Waals surface area contributed by atoms with E-state index in [9.17, 15) is 9.59 Å². The maximum Gasteiger partial charge on any atom is 0.262 e. The minimum absolute atomic E-state index is 0.0908. The average molecular weight is 458 g/mol. The fraction of sp³-hybridized carbons (Fsp3) is 0.214. The van der Waals surface area contributed by atoms with Gasteiger partial charge in [0.1, 0.15) is 22.8 Å². The maximum atomic E-state index is 13.3. The predicted octanol–water partition coefficient (Wildman–Crippen LogP) is 5.72. The van der Waals surface area contributed by atoms with Crippen molar-refractivity contribution in [2.45, 2.75) is 27.7 Å². The highest BCUT2D eigenvalue weighted by Crippen LogP contribution is 2.31. The van der Waals surface area contributed by atoms with Crippen molar-refractivity contribution in [3.8, 4) is 22.6 Å². The number of rotatable bonds is 6. The molecule has 0 fully saturated rings. The number of carbonyl (C=O) groups excluding carboxylic acids is 1. The zero-order valence-electron chi connectivity index (χ0n) is 19.9. The van der Waals surface area contributed by atoms with Crippen LogP contribution in [0.15, 0.2) is 63.8 Å². The number of hydrogen-bond donors (Lipinski definition) is 1. The van der Waals surface area contributed by atoms with Crippen molar-refractivity contribution in [2.75, 3.05) is 19.0 Å². The van der Waals surface area contributed by atoms with Crippen LogP contribution in [0.2, 0.25) is 0 Å². The Balaban J connectivity index is 1.60. The van der Waals surface area contributed by atoms with E-state index >= 15 is 0 Å².